The Labute approximate surface area is 171 Å². The van der Waals surface area contributed by atoms with Crippen LogP contribution in [0.5, 0.6) is 5.75 Å². The van der Waals surface area contributed by atoms with E-state index >= 15 is 0 Å². The van der Waals surface area contributed by atoms with E-state index in [2.05, 4.69) is 16.3 Å². The number of hydrogen-bond acceptors (Lipinski definition) is 4. The van der Waals surface area contributed by atoms with Crippen molar-refractivity contribution in [3.63, 3.8) is 0 Å². The number of phenolic OH excluding ortho intramolecular Hbond substituents is 1. The quantitative estimate of drug-likeness (QED) is 0.767. The average molecular weight is 393 g/mol. The van der Waals surface area contributed by atoms with Gasteiger partial charge in [-0.15, -0.1) is 0 Å². The summed E-state index contributed by atoms with van der Waals surface area (Å²) >= 11 is 0. The predicted octanol–water partition coefficient (Wildman–Crippen LogP) is 4.12. The van der Waals surface area contributed by atoms with Crippen LogP contribution < -0.4 is 10.2 Å². The molecular weight excluding hydrogens is 366 g/mol. The van der Waals surface area contributed by atoms with Crippen molar-refractivity contribution in [3.05, 3.63) is 54.1 Å². The summed E-state index contributed by atoms with van der Waals surface area (Å²) in [6, 6.07) is 14.2. The number of aromatic hydroxyl groups is 1. The van der Waals surface area contributed by atoms with E-state index in [-0.39, 0.29) is 23.5 Å². The van der Waals surface area contributed by atoms with Gasteiger partial charge in [-0.1, -0.05) is 12.1 Å². The SMILES string of the molecule is O=C(c1ccc(O)cc1)C1CCN(C(=O)Nc2ccccc2N2CCCC2)CC1. The maximum absolute atomic E-state index is 12.8. The zero-order valence-corrected chi connectivity index (χ0v) is 16.5. The minimum Gasteiger partial charge on any atom is -0.508 e. The van der Waals surface area contributed by atoms with Crippen molar-refractivity contribution in [1.82, 2.24) is 4.90 Å². The van der Waals surface area contributed by atoms with Crippen molar-refractivity contribution in [2.75, 3.05) is 36.4 Å². The molecule has 2 N–H and O–H groups in total. The summed E-state index contributed by atoms with van der Waals surface area (Å²) in [7, 11) is 0. The number of ketones is 1. The van der Waals surface area contributed by atoms with Crippen molar-refractivity contribution in [1.29, 1.82) is 0 Å². The predicted molar refractivity (Wildman–Crippen MR) is 114 cm³/mol. The van der Waals surface area contributed by atoms with E-state index in [1.807, 2.05) is 18.2 Å². The number of Topliss-reactive ketones (excluding diaryl/α,β-unsaturated/α-hetero) is 1. The molecule has 0 atom stereocenters. The Morgan fingerprint density at radius 1 is 0.897 bits per heavy atom. The van der Waals surface area contributed by atoms with Gasteiger partial charge in [0.15, 0.2) is 5.78 Å². The lowest BCUT2D eigenvalue weighted by Crippen LogP contribution is -2.42. The summed E-state index contributed by atoms with van der Waals surface area (Å²) in [6.07, 6.45) is 3.68. The van der Waals surface area contributed by atoms with Gasteiger partial charge in [-0.05, 0) is 62.1 Å². The van der Waals surface area contributed by atoms with Crippen molar-refractivity contribution in [2.24, 2.45) is 5.92 Å². The van der Waals surface area contributed by atoms with E-state index in [1.54, 1.807) is 17.0 Å². The Balaban J connectivity index is 1.35. The Morgan fingerprint density at radius 3 is 2.24 bits per heavy atom. The van der Waals surface area contributed by atoms with Gasteiger partial charge in [-0.3, -0.25) is 4.79 Å². The molecule has 2 heterocycles. The van der Waals surface area contributed by atoms with E-state index < -0.39 is 0 Å². The first kappa shape index (κ1) is 19.3. The normalized spacial score (nSPS) is 17.4. The van der Waals surface area contributed by atoms with Gasteiger partial charge in [0.05, 0.1) is 11.4 Å². The maximum Gasteiger partial charge on any atom is 0.321 e. The van der Waals surface area contributed by atoms with Crippen molar-refractivity contribution < 1.29 is 14.7 Å². The number of nitrogens with zero attached hydrogens (tertiary/aromatic N) is 2. The maximum atomic E-state index is 12.8. The average Bonchev–Trinajstić information content (AvgIpc) is 3.29. The Hall–Kier alpha value is -3.02. The molecule has 6 nitrogen and oxygen atoms in total. The number of urea groups is 1. The summed E-state index contributed by atoms with van der Waals surface area (Å²) < 4.78 is 0. The standard InChI is InChI=1S/C23H27N3O3/c27-19-9-7-17(8-10-19)22(28)18-11-15-26(16-12-18)23(29)24-20-5-1-2-6-21(20)25-13-3-4-14-25/h1-2,5-10,18,27H,3-4,11-16H2,(H,24,29). The zero-order valence-electron chi connectivity index (χ0n) is 16.5. The molecule has 2 aliphatic rings. The van der Waals surface area contributed by atoms with Crippen LogP contribution in [-0.4, -0.2) is 48.0 Å². The molecule has 152 valence electrons. The molecule has 0 saturated carbocycles. The fourth-order valence-corrected chi connectivity index (χ4v) is 4.21. The van der Waals surface area contributed by atoms with E-state index in [0.29, 0.717) is 31.5 Å². The van der Waals surface area contributed by atoms with Gasteiger partial charge in [0.1, 0.15) is 5.75 Å². The number of carbonyl (C=O) groups excluding carboxylic acids is 2. The number of para-hydroxylation sites is 2. The zero-order chi connectivity index (χ0) is 20.2. The van der Waals surface area contributed by atoms with Gasteiger partial charge in [-0.2, -0.15) is 0 Å². The third-order valence-corrected chi connectivity index (χ3v) is 5.90. The van der Waals surface area contributed by atoms with Gasteiger partial charge in [0.2, 0.25) is 0 Å². The number of carbonyl (C=O) groups is 2. The minimum absolute atomic E-state index is 0.0829. The molecule has 2 saturated heterocycles. The molecule has 6 heteroatoms. The van der Waals surface area contributed by atoms with E-state index in [4.69, 9.17) is 0 Å². The number of phenols is 1. The molecule has 2 aromatic rings. The molecule has 2 aliphatic heterocycles. The number of benzene rings is 2. The lowest BCUT2D eigenvalue weighted by atomic mass is 9.89. The summed E-state index contributed by atoms with van der Waals surface area (Å²) in [4.78, 5) is 29.6. The number of nitrogens with one attached hydrogen (secondary N) is 1. The highest BCUT2D eigenvalue weighted by molar-refractivity contribution is 5.98. The number of rotatable bonds is 4. The number of hydrogen-bond donors (Lipinski definition) is 2. The van der Waals surface area contributed by atoms with Crippen LogP contribution in [0.2, 0.25) is 0 Å². The highest BCUT2D eigenvalue weighted by Crippen LogP contribution is 2.29. The Kier molecular flexibility index (Phi) is 5.69. The monoisotopic (exact) mass is 393 g/mol. The molecule has 2 fully saturated rings. The van der Waals surface area contributed by atoms with Gasteiger partial charge >= 0.3 is 6.03 Å². The third kappa shape index (κ3) is 4.36. The molecule has 0 spiro atoms. The molecule has 29 heavy (non-hydrogen) atoms. The van der Waals surface area contributed by atoms with E-state index in [9.17, 15) is 14.7 Å². The largest absolute Gasteiger partial charge is 0.508 e. The Bertz CT molecular complexity index is 867. The molecule has 0 radical (unpaired) electrons. The van der Waals surface area contributed by atoms with Crippen LogP contribution in [0.25, 0.3) is 0 Å². The first-order valence-corrected chi connectivity index (χ1v) is 10.3. The van der Waals surface area contributed by atoms with Gasteiger partial charge in [-0.25, -0.2) is 4.79 Å². The first-order valence-electron chi connectivity index (χ1n) is 10.3. The van der Waals surface area contributed by atoms with Crippen LogP contribution in [0.4, 0.5) is 16.2 Å². The van der Waals surface area contributed by atoms with Gasteiger partial charge in [0.25, 0.3) is 0 Å². The lowest BCUT2D eigenvalue weighted by Gasteiger charge is -2.32. The van der Waals surface area contributed by atoms with Crippen LogP contribution >= 0.6 is 0 Å². The molecule has 0 aliphatic carbocycles. The van der Waals surface area contributed by atoms with Crippen molar-refractivity contribution >= 4 is 23.2 Å². The fourth-order valence-electron chi connectivity index (χ4n) is 4.21. The van der Waals surface area contributed by atoms with Crippen molar-refractivity contribution in [2.45, 2.75) is 25.7 Å². The molecular formula is C23H27N3O3. The molecule has 0 aromatic heterocycles. The molecule has 4 rings (SSSR count). The minimum atomic E-state index is -0.104. The second-order valence-corrected chi connectivity index (χ2v) is 7.81. The van der Waals surface area contributed by atoms with Crippen LogP contribution in [0.3, 0.4) is 0 Å². The molecule has 0 bridgehead atoms. The highest BCUT2D eigenvalue weighted by Gasteiger charge is 2.28. The number of likely N-dealkylation sites (tertiary alicyclic amines) is 1. The molecule has 0 unspecified atom stereocenters. The molecule has 2 amide bonds. The number of piperidine rings is 1. The molecule has 2 aromatic carbocycles. The van der Waals surface area contributed by atoms with Crippen LogP contribution in [0.15, 0.2) is 48.5 Å². The second-order valence-electron chi connectivity index (χ2n) is 7.81. The summed E-state index contributed by atoms with van der Waals surface area (Å²) in [5.41, 5.74) is 2.54. The van der Waals surface area contributed by atoms with Gasteiger partial charge in [0, 0.05) is 37.7 Å². The van der Waals surface area contributed by atoms with E-state index in [0.717, 1.165) is 24.5 Å². The summed E-state index contributed by atoms with van der Waals surface area (Å²) in [5, 5.41) is 12.5. The Morgan fingerprint density at radius 2 is 1.55 bits per heavy atom. The summed E-state index contributed by atoms with van der Waals surface area (Å²) in [6.45, 7) is 3.17. The number of anilines is 2. The van der Waals surface area contributed by atoms with Crippen LogP contribution in [-0.2, 0) is 0 Å². The van der Waals surface area contributed by atoms with Crippen molar-refractivity contribution in [3.8, 4) is 5.75 Å². The lowest BCUT2D eigenvalue weighted by molar-refractivity contribution is 0.0859. The van der Waals surface area contributed by atoms with Crippen LogP contribution in [0, 0.1) is 5.92 Å². The third-order valence-electron chi connectivity index (χ3n) is 5.90. The number of amides is 2. The first-order chi connectivity index (χ1) is 14.1. The van der Waals surface area contributed by atoms with Crippen LogP contribution in [0.1, 0.15) is 36.0 Å². The van der Waals surface area contributed by atoms with E-state index in [1.165, 1.54) is 25.0 Å². The smallest absolute Gasteiger partial charge is 0.321 e. The van der Waals surface area contributed by atoms with Gasteiger partial charge < -0.3 is 20.2 Å². The second kappa shape index (κ2) is 8.55. The summed E-state index contributed by atoms with van der Waals surface area (Å²) in [5.74, 6) is 0.159. The topological polar surface area (TPSA) is 72.9 Å². The highest BCUT2D eigenvalue weighted by atomic mass is 16.3. The fraction of sp³-hybridized carbons (Fsp3) is 0.391.